The molecule has 1 aromatic carbocycles. The van der Waals surface area contributed by atoms with E-state index in [9.17, 15) is 14.4 Å². The minimum atomic E-state index is -0.415. The summed E-state index contributed by atoms with van der Waals surface area (Å²) in [5.41, 5.74) is 1.62. The van der Waals surface area contributed by atoms with Crippen molar-refractivity contribution < 1.29 is 14.4 Å². The van der Waals surface area contributed by atoms with E-state index in [1.54, 1.807) is 22.9 Å². The minimum Gasteiger partial charge on any atom is -0.357 e. The number of hydrogen-bond donors (Lipinski definition) is 1. The maximum Gasteiger partial charge on any atom is 0.254 e. The normalized spacial score (nSPS) is 20.4. The number of amides is 3. The first kappa shape index (κ1) is 15.5. The highest BCUT2D eigenvalue weighted by atomic mass is 16.2. The van der Waals surface area contributed by atoms with Crippen molar-refractivity contribution in [2.75, 3.05) is 20.1 Å². The lowest BCUT2D eigenvalue weighted by Gasteiger charge is -2.35. The summed E-state index contributed by atoms with van der Waals surface area (Å²) in [6, 6.07) is 7.00. The predicted octanol–water partition coefficient (Wildman–Crippen LogP) is 0.770. The molecule has 1 atom stereocenters. The molecule has 1 unspecified atom stereocenters. The quantitative estimate of drug-likeness (QED) is 0.896. The first-order valence-corrected chi connectivity index (χ1v) is 8.00. The SMILES string of the molecule is CNC(=O)C1CCCCN1C(=O)CN1Cc2ccccc2C1=O. The topological polar surface area (TPSA) is 69.7 Å². The zero-order valence-corrected chi connectivity index (χ0v) is 13.2. The van der Waals surface area contributed by atoms with Crippen molar-refractivity contribution in [1.29, 1.82) is 0 Å². The van der Waals surface area contributed by atoms with Gasteiger partial charge < -0.3 is 15.1 Å². The third kappa shape index (κ3) is 2.93. The first-order valence-electron chi connectivity index (χ1n) is 8.00. The maximum atomic E-state index is 12.6. The lowest BCUT2D eigenvalue weighted by atomic mass is 10.0. The van der Waals surface area contributed by atoms with E-state index in [0.29, 0.717) is 25.1 Å². The van der Waals surface area contributed by atoms with Gasteiger partial charge in [-0.2, -0.15) is 0 Å². The molecule has 6 nitrogen and oxygen atoms in total. The zero-order valence-electron chi connectivity index (χ0n) is 13.2. The lowest BCUT2D eigenvalue weighted by molar-refractivity contribution is -0.142. The van der Waals surface area contributed by atoms with Crippen LogP contribution in [0.3, 0.4) is 0 Å². The summed E-state index contributed by atoms with van der Waals surface area (Å²) < 4.78 is 0. The second kappa shape index (κ2) is 6.40. The van der Waals surface area contributed by atoms with Crippen LogP contribution in [0, 0.1) is 0 Å². The van der Waals surface area contributed by atoms with Crippen LogP contribution >= 0.6 is 0 Å². The largest absolute Gasteiger partial charge is 0.357 e. The summed E-state index contributed by atoms with van der Waals surface area (Å²) in [7, 11) is 1.58. The standard InChI is InChI=1S/C17H21N3O3/c1-18-16(22)14-8-4-5-9-20(14)15(21)11-19-10-12-6-2-3-7-13(12)17(19)23/h2-3,6-7,14H,4-5,8-11H2,1H3,(H,18,22). The summed E-state index contributed by atoms with van der Waals surface area (Å²) in [5.74, 6) is -0.393. The fraction of sp³-hybridized carbons (Fsp3) is 0.471. The molecule has 3 rings (SSSR count). The lowest BCUT2D eigenvalue weighted by Crippen LogP contribution is -2.53. The van der Waals surface area contributed by atoms with Gasteiger partial charge in [-0.15, -0.1) is 0 Å². The van der Waals surface area contributed by atoms with Gasteiger partial charge in [0.1, 0.15) is 12.6 Å². The van der Waals surface area contributed by atoms with Crippen molar-refractivity contribution in [3.63, 3.8) is 0 Å². The molecule has 2 heterocycles. The van der Waals surface area contributed by atoms with Gasteiger partial charge in [-0.3, -0.25) is 14.4 Å². The van der Waals surface area contributed by atoms with Crippen molar-refractivity contribution in [2.24, 2.45) is 0 Å². The molecular formula is C17H21N3O3. The molecule has 0 aromatic heterocycles. The van der Waals surface area contributed by atoms with E-state index < -0.39 is 6.04 Å². The third-order valence-corrected chi connectivity index (χ3v) is 4.59. The van der Waals surface area contributed by atoms with Crippen molar-refractivity contribution in [3.8, 4) is 0 Å². The molecule has 3 amide bonds. The van der Waals surface area contributed by atoms with Crippen molar-refractivity contribution in [1.82, 2.24) is 15.1 Å². The van der Waals surface area contributed by atoms with Crippen LogP contribution in [0.1, 0.15) is 35.2 Å². The number of carbonyl (C=O) groups excluding carboxylic acids is 3. The number of piperidine rings is 1. The number of likely N-dealkylation sites (tertiary alicyclic amines) is 1. The molecular weight excluding hydrogens is 294 g/mol. The Morgan fingerprint density at radius 3 is 2.78 bits per heavy atom. The van der Waals surface area contributed by atoms with Gasteiger partial charge in [0.25, 0.3) is 5.91 Å². The van der Waals surface area contributed by atoms with Crippen LogP contribution < -0.4 is 5.32 Å². The number of nitrogens with zero attached hydrogens (tertiary/aromatic N) is 2. The summed E-state index contributed by atoms with van der Waals surface area (Å²) in [5, 5.41) is 2.62. The molecule has 0 radical (unpaired) electrons. The highest BCUT2D eigenvalue weighted by Gasteiger charge is 2.34. The highest BCUT2D eigenvalue weighted by molar-refractivity contribution is 6.00. The minimum absolute atomic E-state index is 0.0288. The predicted molar refractivity (Wildman–Crippen MR) is 84.6 cm³/mol. The first-order chi connectivity index (χ1) is 11.1. The van der Waals surface area contributed by atoms with Gasteiger partial charge >= 0.3 is 0 Å². The Morgan fingerprint density at radius 2 is 2.04 bits per heavy atom. The zero-order chi connectivity index (χ0) is 16.4. The summed E-state index contributed by atoms with van der Waals surface area (Å²) >= 11 is 0. The van der Waals surface area contributed by atoms with Crippen LogP contribution in [0.5, 0.6) is 0 Å². The number of fused-ring (bicyclic) bond motifs is 1. The van der Waals surface area contributed by atoms with Crippen molar-refractivity contribution in [3.05, 3.63) is 35.4 Å². The fourth-order valence-electron chi connectivity index (χ4n) is 3.37. The van der Waals surface area contributed by atoms with Crippen molar-refractivity contribution >= 4 is 17.7 Å². The molecule has 0 saturated carbocycles. The highest BCUT2D eigenvalue weighted by Crippen LogP contribution is 2.23. The number of likely N-dealkylation sites (N-methyl/N-ethyl adjacent to an activating group) is 1. The Hall–Kier alpha value is -2.37. The average molecular weight is 315 g/mol. The molecule has 0 bridgehead atoms. The van der Waals surface area contributed by atoms with E-state index in [1.807, 2.05) is 18.2 Å². The average Bonchev–Trinajstić information content (AvgIpc) is 2.90. The number of benzene rings is 1. The Morgan fingerprint density at radius 1 is 1.26 bits per heavy atom. The Labute approximate surface area is 135 Å². The maximum absolute atomic E-state index is 12.6. The molecule has 2 aliphatic rings. The molecule has 1 aromatic rings. The van der Waals surface area contributed by atoms with E-state index >= 15 is 0 Å². The van der Waals surface area contributed by atoms with Crippen LogP contribution in [-0.4, -0.2) is 53.7 Å². The van der Waals surface area contributed by atoms with Crippen LogP contribution in [0.2, 0.25) is 0 Å². The molecule has 1 N–H and O–H groups in total. The summed E-state index contributed by atoms with van der Waals surface area (Å²) in [4.78, 5) is 40.2. The number of nitrogens with one attached hydrogen (secondary N) is 1. The molecule has 23 heavy (non-hydrogen) atoms. The van der Waals surface area contributed by atoms with E-state index in [-0.39, 0.29) is 24.3 Å². The van der Waals surface area contributed by atoms with Gasteiger partial charge in [0.15, 0.2) is 0 Å². The molecule has 1 saturated heterocycles. The van der Waals surface area contributed by atoms with Gasteiger partial charge in [0.2, 0.25) is 11.8 Å². The summed E-state index contributed by atoms with van der Waals surface area (Å²) in [6.07, 6.45) is 2.52. The van der Waals surface area contributed by atoms with Gasteiger partial charge in [0, 0.05) is 25.7 Å². The van der Waals surface area contributed by atoms with Crippen LogP contribution in [0.4, 0.5) is 0 Å². The van der Waals surface area contributed by atoms with Crippen LogP contribution in [0.25, 0.3) is 0 Å². The molecule has 2 aliphatic heterocycles. The smallest absolute Gasteiger partial charge is 0.254 e. The second-order valence-corrected chi connectivity index (χ2v) is 6.03. The Balaban J connectivity index is 1.69. The van der Waals surface area contributed by atoms with Gasteiger partial charge in [0.05, 0.1) is 0 Å². The van der Waals surface area contributed by atoms with Crippen LogP contribution in [0.15, 0.2) is 24.3 Å². The van der Waals surface area contributed by atoms with E-state index in [4.69, 9.17) is 0 Å². The fourth-order valence-corrected chi connectivity index (χ4v) is 3.37. The van der Waals surface area contributed by atoms with Gasteiger partial charge in [-0.1, -0.05) is 18.2 Å². The number of hydrogen-bond acceptors (Lipinski definition) is 3. The van der Waals surface area contributed by atoms with Crippen molar-refractivity contribution in [2.45, 2.75) is 31.8 Å². The van der Waals surface area contributed by atoms with Crippen LogP contribution in [-0.2, 0) is 16.1 Å². The van der Waals surface area contributed by atoms with E-state index in [2.05, 4.69) is 5.32 Å². The molecule has 0 aliphatic carbocycles. The second-order valence-electron chi connectivity index (χ2n) is 6.03. The Bertz CT molecular complexity index is 644. The molecule has 6 heteroatoms. The molecule has 0 spiro atoms. The molecule has 122 valence electrons. The summed E-state index contributed by atoms with van der Waals surface area (Å²) in [6.45, 7) is 1.06. The Kier molecular flexibility index (Phi) is 4.32. The number of rotatable bonds is 3. The van der Waals surface area contributed by atoms with E-state index in [1.165, 1.54) is 0 Å². The monoisotopic (exact) mass is 315 g/mol. The van der Waals surface area contributed by atoms with E-state index in [0.717, 1.165) is 18.4 Å². The van der Waals surface area contributed by atoms with Gasteiger partial charge in [-0.25, -0.2) is 0 Å². The third-order valence-electron chi connectivity index (χ3n) is 4.59. The molecule has 1 fully saturated rings. The number of carbonyl (C=O) groups is 3. The van der Waals surface area contributed by atoms with Gasteiger partial charge in [-0.05, 0) is 30.9 Å².